The van der Waals surface area contributed by atoms with Gasteiger partial charge in [0.15, 0.2) is 0 Å². The lowest BCUT2D eigenvalue weighted by Gasteiger charge is -1.91. The molecule has 0 amide bonds. The molecule has 0 N–H and O–H groups in total. The number of hydrogen-bond donors (Lipinski definition) is 0. The first kappa shape index (κ1) is 8.79. The van der Waals surface area contributed by atoms with Crippen LogP contribution in [-0.4, -0.2) is 9.78 Å². The number of nitrogens with zero attached hydrogens (tertiary/aromatic N) is 2. The van der Waals surface area contributed by atoms with Crippen LogP contribution in [0.3, 0.4) is 0 Å². The quantitative estimate of drug-likeness (QED) is 0.580. The molecule has 1 rings (SSSR count). The average molecular weight is 167 g/mol. The summed E-state index contributed by atoms with van der Waals surface area (Å²) in [4.78, 5) is 0. The van der Waals surface area contributed by atoms with Crippen LogP contribution in [0, 0.1) is 0 Å². The highest BCUT2D eigenvalue weighted by Crippen LogP contribution is 1.98. The number of aryl methyl sites for hydroxylation is 1. The van der Waals surface area contributed by atoms with E-state index in [-0.39, 0.29) is 12.4 Å². The Balaban J connectivity index is 0.000000640. The van der Waals surface area contributed by atoms with Gasteiger partial charge >= 0.3 is 0 Å². The fourth-order valence-corrected chi connectivity index (χ4v) is 0.794. The van der Waals surface area contributed by atoms with Crippen molar-refractivity contribution in [3.05, 3.63) is 18.0 Å². The number of rotatable bonds is 1. The molecule has 4 heteroatoms. The molecule has 1 heterocycles. The standard InChI is InChI=1S/C5H7ClN2.ClH/c1-8-5(4-6)2-3-7-8;/h2-3H,4H2,1H3;1H. The van der Waals surface area contributed by atoms with Gasteiger partial charge in [0.25, 0.3) is 0 Å². The van der Waals surface area contributed by atoms with Gasteiger partial charge in [-0.1, -0.05) is 0 Å². The van der Waals surface area contributed by atoms with Crippen LogP contribution in [0.1, 0.15) is 5.69 Å². The third kappa shape index (κ3) is 1.88. The van der Waals surface area contributed by atoms with Crippen molar-refractivity contribution in [2.45, 2.75) is 5.88 Å². The van der Waals surface area contributed by atoms with Crippen LogP contribution in [0.2, 0.25) is 0 Å². The zero-order valence-corrected chi connectivity index (χ0v) is 6.61. The summed E-state index contributed by atoms with van der Waals surface area (Å²) in [6, 6.07) is 1.90. The molecule has 9 heavy (non-hydrogen) atoms. The van der Waals surface area contributed by atoms with E-state index in [0.29, 0.717) is 5.88 Å². The summed E-state index contributed by atoms with van der Waals surface area (Å²) in [5.41, 5.74) is 1.05. The van der Waals surface area contributed by atoms with Crippen molar-refractivity contribution in [1.29, 1.82) is 0 Å². The zero-order chi connectivity index (χ0) is 5.98. The van der Waals surface area contributed by atoms with Crippen LogP contribution in [0.4, 0.5) is 0 Å². The summed E-state index contributed by atoms with van der Waals surface area (Å²) in [5.74, 6) is 0.538. The Morgan fingerprint density at radius 1 is 1.78 bits per heavy atom. The first-order valence-electron chi connectivity index (χ1n) is 2.37. The molecule has 0 aliphatic rings. The molecule has 0 radical (unpaired) electrons. The van der Waals surface area contributed by atoms with E-state index in [9.17, 15) is 0 Å². The molecule has 2 nitrogen and oxygen atoms in total. The minimum atomic E-state index is 0. The minimum Gasteiger partial charge on any atom is -0.271 e. The third-order valence-electron chi connectivity index (χ3n) is 1.06. The van der Waals surface area contributed by atoms with Gasteiger partial charge in [-0.3, -0.25) is 4.68 Å². The lowest BCUT2D eigenvalue weighted by molar-refractivity contribution is 0.735. The Hall–Kier alpha value is -0.210. The molecule has 0 fully saturated rings. The average Bonchev–Trinajstić information content (AvgIpc) is 2.14. The first-order valence-corrected chi connectivity index (χ1v) is 2.91. The van der Waals surface area contributed by atoms with Crippen LogP contribution < -0.4 is 0 Å². The Kier molecular flexibility index (Phi) is 3.66. The van der Waals surface area contributed by atoms with E-state index >= 15 is 0 Å². The van der Waals surface area contributed by atoms with Gasteiger partial charge in [-0.15, -0.1) is 24.0 Å². The highest BCUT2D eigenvalue weighted by Gasteiger charge is 1.91. The van der Waals surface area contributed by atoms with Crippen LogP contribution in [0.15, 0.2) is 12.3 Å². The third-order valence-corrected chi connectivity index (χ3v) is 1.33. The van der Waals surface area contributed by atoms with Crippen molar-refractivity contribution in [2.75, 3.05) is 0 Å². The minimum absolute atomic E-state index is 0. The van der Waals surface area contributed by atoms with E-state index in [2.05, 4.69) is 5.10 Å². The molecule has 0 bridgehead atoms. The monoisotopic (exact) mass is 166 g/mol. The van der Waals surface area contributed by atoms with Gasteiger partial charge in [0, 0.05) is 13.2 Å². The van der Waals surface area contributed by atoms with Gasteiger partial charge in [0.2, 0.25) is 0 Å². The predicted octanol–water partition coefficient (Wildman–Crippen LogP) is 1.58. The second kappa shape index (κ2) is 3.75. The molecular formula is C5H8Cl2N2. The number of hydrogen-bond acceptors (Lipinski definition) is 1. The van der Waals surface area contributed by atoms with Gasteiger partial charge in [-0.05, 0) is 6.07 Å². The maximum Gasteiger partial charge on any atom is 0.0644 e. The number of alkyl halides is 1. The SMILES string of the molecule is Cl.Cn1nccc1CCl. The van der Waals surface area contributed by atoms with Gasteiger partial charge in [-0.25, -0.2) is 0 Å². The normalized spacial score (nSPS) is 8.67. The van der Waals surface area contributed by atoms with E-state index < -0.39 is 0 Å². The van der Waals surface area contributed by atoms with Crippen LogP contribution in [0.5, 0.6) is 0 Å². The maximum atomic E-state index is 5.51. The fourth-order valence-electron chi connectivity index (χ4n) is 0.532. The Morgan fingerprint density at radius 3 is 2.67 bits per heavy atom. The van der Waals surface area contributed by atoms with E-state index in [4.69, 9.17) is 11.6 Å². The Bertz CT molecular complexity index is 173. The fraction of sp³-hybridized carbons (Fsp3) is 0.400. The molecule has 1 aromatic rings. The largest absolute Gasteiger partial charge is 0.271 e. The van der Waals surface area contributed by atoms with Crippen molar-refractivity contribution < 1.29 is 0 Å². The summed E-state index contributed by atoms with van der Waals surface area (Å²) >= 11 is 5.51. The Labute approximate surface area is 65.2 Å². The summed E-state index contributed by atoms with van der Waals surface area (Å²) in [6.07, 6.45) is 1.73. The highest BCUT2D eigenvalue weighted by atomic mass is 35.5. The molecule has 1 aromatic heterocycles. The smallest absolute Gasteiger partial charge is 0.0644 e. The van der Waals surface area contributed by atoms with Crippen LogP contribution >= 0.6 is 24.0 Å². The van der Waals surface area contributed by atoms with E-state index in [1.165, 1.54) is 0 Å². The molecule has 0 aliphatic heterocycles. The molecule has 0 aromatic carbocycles. The first-order chi connectivity index (χ1) is 3.84. The van der Waals surface area contributed by atoms with Gasteiger partial charge in [0.1, 0.15) is 0 Å². The van der Waals surface area contributed by atoms with E-state index in [0.717, 1.165) is 5.69 Å². The van der Waals surface area contributed by atoms with E-state index in [1.807, 2.05) is 13.1 Å². The van der Waals surface area contributed by atoms with E-state index in [1.54, 1.807) is 10.9 Å². The number of aromatic nitrogens is 2. The second-order valence-electron chi connectivity index (χ2n) is 1.58. The molecule has 0 unspecified atom stereocenters. The summed E-state index contributed by atoms with van der Waals surface area (Å²) in [5, 5.41) is 3.92. The lowest BCUT2D eigenvalue weighted by atomic mass is 10.5. The van der Waals surface area contributed by atoms with Crippen molar-refractivity contribution in [3.63, 3.8) is 0 Å². The number of halogens is 2. The van der Waals surface area contributed by atoms with Crippen LogP contribution in [0.25, 0.3) is 0 Å². The predicted molar refractivity (Wildman–Crippen MR) is 40.0 cm³/mol. The topological polar surface area (TPSA) is 17.8 Å². The van der Waals surface area contributed by atoms with Crippen molar-refractivity contribution >= 4 is 24.0 Å². The summed E-state index contributed by atoms with van der Waals surface area (Å²) in [6.45, 7) is 0. The molecule has 0 aliphatic carbocycles. The molecule has 0 saturated carbocycles. The zero-order valence-electron chi connectivity index (χ0n) is 5.04. The van der Waals surface area contributed by atoms with Crippen molar-refractivity contribution in [2.24, 2.45) is 7.05 Å². The van der Waals surface area contributed by atoms with Crippen molar-refractivity contribution in [1.82, 2.24) is 9.78 Å². The maximum absolute atomic E-state index is 5.51. The molecule has 0 spiro atoms. The molecule has 52 valence electrons. The van der Waals surface area contributed by atoms with Crippen LogP contribution in [-0.2, 0) is 12.9 Å². The lowest BCUT2D eigenvalue weighted by Crippen LogP contribution is -1.93. The second-order valence-corrected chi connectivity index (χ2v) is 1.85. The molecule has 0 atom stereocenters. The summed E-state index contributed by atoms with van der Waals surface area (Å²) in [7, 11) is 1.87. The van der Waals surface area contributed by atoms with Gasteiger partial charge < -0.3 is 0 Å². The molecular weight excluding hydrogens is 159 g/mol. The van der Waals surface area contributed by atoms with Gasteiger partial charge in [0.05, 0.1) is 11.6 Å². The Morgan fingerprint density at radius 2 is 2.44 bits per heavy atom. The molecule has 0 saturated heterocycles. The summed E-state index contributed by atoms with van der Waals surface area (Å²) < 4.78 is 1.76. The van der Waals surface area contributed by atoms with Crippen molar-refractivity contribution in [3.8, 4) is 0 Å². The van der Waals surface area contributed by atoms with Gasteiger partial charge in [-0.2, -0.15) is 5.10 Å². The highest BCUT2D eigenvalue weighted by molar-refractivity contribution is 6.16.